The molecule has 0 bridgehead atoms. The number of rotatable bonds is 4. The topological polar surface area (TPSA) is 117 Å². The fraction of sp³-hybridized carbons (Fsp3) is 0.444. The van der Waals surface area contributed by atoms with E-state index in [1.807, 2.05) is 0 Å². The molecule has 0 amide bonds. The molecule has 6 nitrogen and oxygen atoms in total. The van der Waals surface area contributed by atoms with E-state index in [9.17, 15) is 0 Å². The van der Waals surface area contributed by atoms with Gasteiger partial charge in [0.2, 0.25) is 0 Å². The van der Waals surface area contributed by atoms with E-state index < -0.39 is 0 Å². The van der Waals surface area contributed by atoms with E-state index in [4.69, 9.17) is 26.5 Å². The first-order valence-corrected chi connectivity index (χ1v) is 7.71. The zero-order valence-electron chi connectivity index (χ0n) is 14.5. The largest absolute Gasteiger partial charge is 0.763 e. The molecule has 1 aliphatic carbocycles. The lowest BCUT2D eigenvalue weighted by Crippen LogP contribution is -2.47. The molecule has 0 atom stereocenters. The van der Waals surface area contributed by atoms with Crippen molar-refractivity contribution in [3.63, 3.8) is 0 Å². The molecule has 0 heterocycles. The van der Waals surface area contributed by atoms with Crippen LogP contribution in [0.3, 0.4) is 0 Å². The van der Waals surface area contributed by atoms with E-state index in [1.54, 1.807) is 30.1 Å². The number of allylic oxidation sites excluding steroid dienone is 5. The van der Waals surface area contributed by atoms with Gasteiger partial charge in [-0.3, -0.25) is 5.87 Å². The van der Waals surface area contributed by atoms with Crippen LogP contribution in [0.1, 0.15) is 27.7 Å². The first-order chi connectivity index (χ1) is 11.5. The summed E-state index contributed by atoms with van der Waals surface area (Å²) in [5.41, 5.74) is -1.00. The lowest BCUT2D eigenvalue weighted by atomic mass is 10.1. The fourth-order valence-corrected chi connectivity index (χ4v) is 2.53. The molecule has 0 fully saturated rings. The SMILES string of the molecule is CC[N+](CC)(CC)CC.N#CC1=C(C#N)C(C#N)=C(C#N)C1=C=[N-]. The molecule has 24 heavy (non-hydrogen) atoms. The Hall–Kier alpha value is -3.15. The molecule has 0 saturated carbocycles. The lowest BCUT2D eigenvalue weighted by molar-refractivity contribution is -0.921. The zero-order valence-corrected chi connectivity index (χ0v) is 14.5. The fourth-order valence-electron chi connectivity index (χ4n) is 2.53. The highest BCUT2D eigenvalue weighted by atomic mass is 15.3. The summed E-state index contributed by atoms with van der Waals surface area (Å²) in [7, 11) is 0. The van der Waals surface area contributed by atoms with Crippen LogP contribution >= 0.6 is 0 Å². The molecule has 0 unspecified atom stereocenters. The van der Waals surface area contributed by atoms with Crippen LogP contribution in [0, 0.1) is 45.3 Å². The minimum absolute atomic E-state index is 0.201. The summed E-state index contributed by atoms with van der Waals surface area (Å²) in [6.45, 7) is 14.2. The second-order valence-electron chi connectivity index (χ2n) is 5.04. The van der Waals surface area contributed by atoms with Crippen molar-refractivity contribution >= 4 is 5.87 Å². The third-order valence-electron chi connectivity index (χ3n) is 4.49. The number of hydrogen-bond acceptors (Lipinski definition) is 4. The van der Waals surface area contributed by atoms with Crippen molar-refractivity contribution in [3.8, 4) is 24.3 Å². The smallest absolute Gasteiger partial charge is 0.102 e. The minimum atomic E-state index is -0.201. The predicted molar refractivity (Wildman–Crippen MR) is 90.8 cm³/mol. The highest BCUT2D eigenvalue weighted by molar-refractivity contribution is 5.88. The molecule has 0 aromatic carbocycles. The van der Waals surface area contributed by atoms with Crippen LogP contribution < -0.4 is 0 Å². The Labute approximate surface area is 143 Å². The second-order valence-corrected chi connectivity index (χ2v) is 5.04. The Balaban J connectivity index is 0.000000506. The van der Waals surface area contributed by atoms with Gasteiger partial charge >= 0.3 is 0 Å². The Kier molecular flexibility index (Phi) is 8.50. The number of quaternary nitrogens is 1. The summed E-state index contributed by atoms with van der Waals surface area (Å²) in [5, 5.41) is 43.6. The molecule has 0 aromatic rings. The van der Waals surface area contributed by atoms with E-state index in [0.29, 0.717) is 0 Å². The molecule has 0 aromatic heterocycles. The van der Waals surface area contributed by atoms with Gasteiger partial charge in [0.25, 0.3) is 0 Å². The van der Waals surface area contributed by atoms with Gasteiger partial charge in [0, 0.05) is 5.57 Å². The summed E-state index contributed by atoms with van der Waals surface area (Å²) in [5.74, 6) is 1.65. The third kappa shape index (κ3) is 3.98. The van der Waals surface area contributed by atoms with Crippen molar-refractivity contribution in [1.29, 1.82) is 21.0 Å². The Morgan fingerprint density at radius 1 is 0.667 bits per heavy atom. The molecule has 0 N–H and O–H groups in total. The van der Waals surface area contributed by atoms with Crippen molar-refractivity contribution < 1.29 is 4.48 Å². The standard InChI is InChI=1S/C10N5.C8H20N/c11-1-6-7(2-12)9(4-14)10(5-15)8(6)3-13;1-5-9(6-2,7-3)8-4/h;5-8H2,1-4H3/q-1;+1. The van der Waals surface area contributed by atoms with Crippen molar-refractivity contribution in [1.82, 2.24) is 0 Å². The molecular formula is C18H20N6. The van der Waals surface area contributed by atoms with Crippen LogP contribution in [0.15, 0.2) is 27.9 Å². The average molecular weight is 320 g/mol. The molecule has 1 rings (SSSR count). The Bertz CT molecular complexity index is 693. The summed E-state index contributed by atoms with van der Waals surface area (Å²) < 4.78 is 1.28. The molecule has 6 heteroatoms. The van der Waals surface area contributed by atoms with Gasteiger partial charge < -0.3 is 9.89 Å². The van der Waals surface area contributed by atoms with E-state index in [1.165, 1.54) is 30.7 Å². The summed E-state index contributed by atoms with van der Waals surface area (Å²) >= 11 is 0. The first-order valence-electron chi connectivity index (χ1n) is 7.71. The van der Waals surface area contributed by atoms with E-state index in [2.05, 4.69) is 27.7 Å². The van der Waals surface area contributed by atoms with Crippen LogP contribution in [-0.4, -0.2) is 36.5 Å². The molecular weight excluding hydrogens is 300 g/mol. The van der Waals surface area contributed by atoms with Crippen LogP contribution in [0.4, 0.5) is 0 Å². The second kappa shape index (κ2) is 9.78. The van der Waals surface area contributed by atoms with Crippen LogP contribution in [0.5, 0.6) is 0 Å². The van der Waals surface area contributed by atoms with Gasteiger partial charge in [-0.05, 0) is 27.7 Å². The van der Waals surface area contributed by atoms with Gasteiger partial charge in [0.15, 0.2) is 0 Å². The van der Waals surface area contributed by atoms with Crippen molar-refractivity contribution in [2.24, 2.45) is 0 Å². The van der Waals surface area contributed by atoms with Crippen LogP contribution in [0.2, 0.25) is 0 Å². The monoisotopic (exact) mass is 320 g/mol. The third-order valence-corrected chi connectivity index (χ3v) is 4.49. The summed E-state index contributed by atoms with van der Waals surface area (Å²) in [6, 6.07) is 6.59. The van der Waals surface area contributed by atoms with E-state index in [-0.39, 0.29) is 27.9 Å². The van der Waals surface area contributed by atoms with Gasteiger partial charge in [-0.25, -0.2) is 0 Å². The average Bonchev–Trinajstić information content (AvgIpc) is 2.96. The van der Waals surface area contributed by atoms with Gasteiger partial charge in [-0.1, -0.05) is 0 Å². The highest BCUT2D eigenvalue weighted by Crippen LogP contribution is 2.34. The van der Waals surface area contributed by atoms with Gasteiger partial charge in [0.05, 0.1) is 48.5 Å². The maximum Gasteiger partial charge on any atom is 0.102 e. The van der Waals surface area contributed by atoms with Gasteiger partial charge in [-0.2, -0.15) is 21.0 Å². The Morgan fingerprint density at radius 3 is 1.08 bits per heavy atom. The van der Waals surface area contributed by atoms with Gasteiger partial charge in [-0.15, -0.1) is 0 Å². The normalized spacial score (nSPS) is 13.1. The number of nitriles is 4. The number of hydrogen-bond donors (Lipinski definition) is 0. The van der Waals surface area contributed by atoms with Crippen molar-refractivity contribution in [2.45, 2.75) is 27.7 Å². The summed E-state index contributed by atoms with van der Waals surface area (Å²) in [6.07, 6.45) is 0. The molecule has 0 radical (unpaired) electrons. The van der Waals surface area contributed by atoms with Crippen LogP contribution in [0.25, 0.3) is 5.41 Å². The molecule has 122 valence electrons. The number of nitrogens with zero attached hydrogens (tertiary/aromatic N) is 6. The molecule has 0 saturated heterocycles. The maximum absolute atomic E-state index is 8.72. The first kappa shape index (κ1) is 20.8. The zero-order chi connectivity index (χ0) is 18.8. The highest BCUT2D eigenvalue weighted by Gasteiger charge is 2.28. The van der Waals surface area contributed by atoms with Crippen molar-refractivity contribution in [3.05, 3.63) is 33.3 Å². The Morgan fingerprint density at radius 2 is 0.958 bits per heavy atom. The summed E-state index contributed by atoms with van der Waals surface area (Å²) in [4.78, 5) is 0. The minimum Gasteiger partial charge on any atom is -0.763 e. The van der Waals surface area contributed by atoms with Crippen LogP contribution in [-0.2, 0) is 0 Å². The van der Waals surface area contributed by atoms with E-state index in [0.717, 1.165) is 0 Å². The molecule has 0 aliphatic heterocycles. The van der Waals surface area contributed by atoms with Crippen molar-refractivity contribution in [2.75, 3.05) is 26.2 Å². The van der Waals surface area contributed by atoms with Gasteiger partial charge in [0.1, 0.15) is 24.3 Å². The lowest BCUT2D eigenvalue weighted by Gasteiger charge is -2.34. The van der Waals surface area contributed by atoms with E-state index >= 15 is 0 Å². The quantitative estimate of drug-likeness (QED) is 0.584. The predicted octanol–water partition coefficient (Wildman–Crippen LogP) is 2.74. The molecule has 1 aliphatic rings. The maximum atomic E-state index is 8.72. The molecule has 0 spiro atoms.